The molecule has 0 aromatic heterocycles. The van der Waals surface area contributed by atoms with Gasteiger partial charge in [-0.25, -0.2) is 4.79 Å². The van der Waals surface area contributed by atoms with Crippen LogP contribution in [-0.4, -0.2) is 25.0 Å². The summed E-state index contributed by atoms with van der Waals surface area (Å²) >= 11 is 0. The number of nitrogens with one attached hydrogen (secondary N) is 3. The highest BCUT2D eigenvalue weighted by molar-refractivity contribution is 5.89. The second-order valence-electron chi connectivity index (χ2n) is 3.99. The minimum Gasteiger partial charge on any atom is -0.356 e. The highest BCUT2D eigenvalue weighted by Crippen LogP contribution is 2.09. The SMILES string of the molecule is CCNC(=O)CCNC(=O)Nc1cccc(CN)c1. The summed E-state index contributed by atoms with van der Waals surface area (Å²) < 4.78 is 0. The topological polar surface area (TPSA) is 96.2 Å². The maximum absolute atomic E-state index is 11.6. The number of amides is 3. The van der Waals surface area contributed by atoms with Gasteiger partial charge in [-0.2, -0.15) is 0 Å². The normalized spacial score (nSPS) is 9.79. The van der Waals surface area contributed by atoms with Crippen molar-refractivity contribution >= 4 is 17.6 Å². The van der Waals surface area contributed by atoms with Crippen molar-refractivity contribution in [2.24, 2.45) is 5.73 Å². The first-order valence-electron chi connectivity index (χ1n) is 6.26. The van der Waals surface area contributed by atoms with Crippen LogP contribution in [0.15, 0.2) is 24.3 Å². The van der Waals surface area contributed by atoms with Crippen LogP contribution in [0.4, 0.5) is 10.5 Å². The molecule has 6 nitrogen and oxygen atoms in total. The monoisotopic (exact) mass is 264 g/mol. The first kappa shape index (κ1) is 15.0. The lowest BCUT2D eigenvalue weighted by atomic mass is 10.2. The molecule has 1 aromatic carbocycles. The second-order valence-corrected chi connectivity index (χ2v) is 3.99. The largest absolute Gasteiger partial charge is 0.356 e. The van der Waals surface area contributed by atoms with Crippen molar-refractivity contribution < 1.29 is 9.59 Å². The summed E-state index contributed by atoms with van der Waals surface area (Å²) in [5.74, 6) is -0.0760. The zero-order valence-corrected chi connectivity index (χ0v) is 11.0. The van der Waals surface area contributed by atoms with Gasteiger partial charge in [-0.05, 0) is 24.6 Å². The number of benzene rings is 1. The molecule has 0 aliphatic heterocycles. The summed E-state index contributed by atoms with van der Waals surface area (Å²) in [5, 5.41) is 7.96. The van der Waals surface area contributed by atoms with E-state index in [-0.39, 0.29) is 18.4 Å². The summed E-state index contributed by atoms with van der Waals surface area (Å²) in [5.41, 5.74) is 7.14. The Bertz CT molecular complexity index is 434. The van der Waals surface area contributed by atoms with Crippen LogP contribution in [0, 0.1) is 0 Å². The van der Waals surface area contributed by atoms with Gasteiger partial charge in [0.1, 0.15) is 0 Å². The predicted molar refractivity (Wildman–Crippen MR) is 74.7 cm³/mol. The Morgan fingerprint density at radius 1 is 1.26 bits per heavy atom. The van der Waals surface area contributed by atoms with Gasteiger partial charge in [-0.3, -0.25) is 4.79 Å². The van der Waals surface area contributed by atoms with E-state index in [9.17, 15) is 9.59 Å². The number of urea groups is 1. The standard InChI is InChI=1S/C13H20N4O2/c1-2-15-12(18)6-7-16-13(19)17-11-5-3-4-10(8-11)9-14/h3-5,8H,2,6-7,9,14H2,1H3,(H,15,18)(H2,16,17,19). The molecule has 104 valence electrons. The molecule has 0 fully saturated rings. The van der Waals surface area contributed by atoms with Crippen molar-refractivity contribution in [3.63, 3.8) is 0 Å². The van der Waals surface area contributed by atoms with E-state index in [0.29, 0.717) is 25.3 Å². The zero-order chi connectivity index (χ0) is 14.1. The Morgan fingerprint density at radius 2 is 2.05 bits per heavy atom. The third-order valence-electron chi connectivity index (χ3n) is 2.43. The zero-order valence-electron chi connectivity index (χ0n) is 11.0. The van der Waals surface area contributed by atoms with E-state index < -0.39 is 0 Å². The van der Waals surface area contributed by atoms with Crippen molar-refractivity contribution in [2.75, 3.05) is 18.4 Å². The lowest BCUT2D eigenvalue weighted by Gasteiger charge is -2.08. The number of anilines is 1. The van der Waals surface area contributed by atoms with E-state index in [1.807, 2.05) is 25.1 Å². The van der Waals surface area contributed by atoms with Gasteiger partial charge in [0.2, 0.25) is 5.91 Å². The summed E-state index contributed by atoms with van der Waals surface area (Å²) in [6.07, 6.45) is 0.268. The van der Waals surface area contributed by atoms with E-state index in [1.54, 1.807) is 6.07 Å². The number of carbonyl (C=O) groups is 2. The maximum atomic E-state index is 11.6. The van der Waals surface area contributed by atoms with Gasteiger partial charge in [-0.1, -0.05) is 12.1 Å². The van der Waals surface area contributed by atoms with Crippen LogP contribution in [0.3, 0.4) is 0 Å². The van der Waals surface area contributed by atoms with Crippen molar-refractivity contribution in [3.05, 3.63) is 29.8 Å². The quantitative estimate of drug-likeness (QED) is 0.611. The fourth-order valence-electron chi connectivity index (χ4n) is 1.53. The fourth-order valence-corrected chi connectivity index (χ4v) is 1.53. The Hall–Kier alpha value is -2.08. The molecule has 6 heteroatoms. The maximum Gasteiger partial charge on any atom is 0.319 e. The lowest BCUT2D eigenvalue weighted by molar-refractivity contribution is -0.120. The molecule has 19 heavy (non-hydrogen) atoms. The summed E-state index contributed by atoms with van der Waals surface area (Å²) in [4.78, 5) is 22.7. The van der Waals surface area contributed by atoms with Gasteiger partial charge in [-0.15, -0.1) is 0 Å². The first-order valence-corrected chi connectivity index (χ1v) is 6.26. The minimum absolute atomic E-state index is 0.0760. The van der Waals surface area contributed by atoms with E-state index >= 15 is 0 Å². The van der Waals surface area contributed by atoms with Crippen LogP contribution in [-0.2, 0) is 11.3 Å². The number of hydrogen-bond acceptors (Lipinski definition) is 3. The highest BCUT2D eigenvalue weighted by atomic mass is 16.2. The fraction of sp³-hybridized carbons (Fsp3) is 0.385. The van der Waals surface area contributed by atoms with E-state index in [1.165, 1.54) is 0 Å². The van der Waals surface area contributed by atoms with Gasteiger partial charge in [0.15, 0.2) is 0 Å². The van der Waals surface area contributed by atoms with Gasteiger partial charge in [0, 0.05) is 31.7 Å². The van der Waals surface area contributed by atoms with Crippen LogP contribution in [0.5, 0.6) is 0 Å². The molecule has 0 radical (unpaired) electrons. The molecule has 0 aliphatic rings. The Labute approximate surface area is 112 Å². The van der Waals surface area contributed by atoms with E-state index in [2.05, 4.69) is 16.0 Å². The number of nitrogens with two attached hydrogens (primary N) is 1. The van der Waals surface area contributed by atoms with Crippen molar-refractivity contribution in [3.8, 4) is 0 Å². The summed E-state index contributed by atoms with van der Waals surface area (Å²) in [6.45, 7) is 3.17. The van der Waals surface area contributed by atoms with Gasteiger partial charge < -0.3 is 21.7 Å². The molecule has 3 amide bonds. The Morgan fingerprint density at radius 3 is 2.74 bits per heavy atom. The minimum atomic E-state index is -0.335. The molecular formula is C13H20N4O2. The molecule has 0 atom stereocenters. The smallest absolute Gasteiger partial charge is 0.319 e. The number of carbonyl (C=O) groups excluding carboxylic acids is 2. The van der Waals surface area contributed by atoms with Gasteiger partial charge in [0.05, 0.1) is 0 Å². The molecular weight excluding hydrogens is 244 g/mol. The van der Waals surface area contributed by atoms with Crippen molar-refractivity contribution in [1.82, 2.24) is 10.6 Å². The van der Waals surface area contributed by atoms with Gasteiger partial charge in [0.25, 0.3) is 0 Å². The van der Waals surface area contributed by atoms with Crippen LogP contribution in [0.2, 0.25) is 0 Å². The van der Waals surface area contributed by atoms with Crippen molar-refractivity contribution in [2.45, 2.75) is 19.9 Å². The molecule has 0 spiro atoms. The highest BCUT2D eigenvalue weighted by Gasteiger charge is 2.03. The molecule has 1 aromatic rings. The third kappa shape index (κ3) is 5.87. The molecule has 0 unspecified atom stereocenters. The average Bonchev–Trinajstić information content (AvgIpc) is 2.39. The predicted octanol–water partition coefficient (Wildman–Crippen LogP) is 0.793. The molecule has 5 N–H and O–H groups in total. The number of rotatable bonds is 6. The summed E-state index contributed by atoms with van der Waals surface area (Å²) in [6, 6.07) is 6.97. The average molecular weight is 264 g/mol. The van der Waals surface area contributed by atoms with E-state index in [0.717, 1.165) is 5.56 Å². The van der Waals surface area contributed by atoms with Crippen LogP contribution in [0.1, 0.15) is 18.9 Å². The van der Waals surface area contributed by atoms with Gasteiger partial charge >= 0.3 is 6.03 Å². The van der Waals surface area contributed by atoms with Crippen molar-refractivity contribution in [1.29, 1.82) is 0 Å². The third-order valence-corrected chi connectivity index (χ3v) is 2.43. The Balaban J connectivity index is 2.32. The molecule has 1 rings (SSSR count). The number of hydrogen-bond donors (Lipinski definition) is 4. The molecule has 0 bridgehead atoms. The molecule has 0 aliphatic carbocycles. The van der Waals surface area contributed by atoms with E-state index in [4.69, 9.17) is 5.73 Å². The van der Waals surface area contributed by atoms with Crippen LogP contribution in [0.25, 0.3) is 0 Å². The molecule has 0 saturated heterocycles. The summed E-state index contributed by atoms with van der Waals surface area (Å²) in [7, 11) is 0. The lowest BCUT2D eigenvalue weighted by Crippen LogP contribution is -2.33. The first-order chi connectivity index (χ1) is 9.15. The molecule has 0 saturated carbocycles. The molecule has 0 heterocycles. The second kappa shape index (κ2) is 8.10. The van der Waals surface area contributed by atoms with Crippen LogP contribution >= 0.6 is 0 Å². The Kier molecular flexibility index (Phi) is 6.38. The van der Waals surface area contributed by atoms with Crippen LogP contribution < -0.4 is 21.7 Å².